The third-order valence-corrected chi connectivity index (χ3v) is 6.39. The molecule has 0 N–H and O–H groups in total. The maximum absolute atomic E-state index is 6.64. The van der Waals surface area contributed by atoms with E-state index in [2.05, 4.69) is 50.2 Å². The highest BCUT2D eigenvalue weighted by Crippen LogP contribution is 2.32. The number of ether oxygens (including phenoxy) is 4. The lowest BCUT2D eigenvalue weighted by atomic mass is 9.85. The fraction of sp³-hybridized carbons (Fsp3) is 0.586. The lowest BCUT2D eigenvalue weighted by molar-refractivity contribution is -0.0438. The lowest BCUT2D eigenvalue weighted by Crippen LogP contribution is -2.37. The van der Waals surface area contributed by atoms with Crippen LogP contribution in [0.5, 0.6) is 11.5 Å². The van der Waals surface area contributed by atoms with E-state index in [0.717, 1.165) is 76.3 Å². The molecule has 0 spiro atoms. The van der Waals surface area contributed by atoms with Gasteiger partial charge in [0, 0.05) is 32.7 Å². The van der Waals surface area contributed by atoms with E-state index in [-0.39, 0.29) is 12.2 Å². The maximum Gasteiger partial charge on any atom is 0.123 e. The molecule has 0 amide bonds. The van der Waals surface area contributed by atoms with Crippen LogP contribution in [0.3, 0.4) is 0 Å². The number of rotatable bonds is 14. The first-order valence-corrected chi connectivity index (χ1v) is 12.8. The molecule has 3 atom stereocenters. The fourth-order valence-electron chi connectivity index (χ4n) is 4.49. The van der Waals surface area contributed by atoms with E-state index in [1.165, 1.54) is 17.5 Å². The van der Waals surface area contributed by atoms with Crippen molar-refractivity contribution < 1.29 is 18.9 Å². The number of unbranched alkanes of at least 4 members (excludes halogenated alkanes) is 2. The minimum absolute atomic E-state index is 0.155. The van der Waals surface area contributed by atoms with Crippen LogP contribution in [0.2, 0.25) is 0 Å². The molecule has 1 aliphatic carbocycles. The van der Waals surface area contributed by atoms with Crippen molar-refractivity contribution in [1.29, 1.82) is 0 Å². The number of benzene rings is 2. The zero-order valence-electron chi connectivity index (χ0n) is 20.8. The number of hydrogen-bond acceptors (Lipinski definition) is 4. The van der Waals surface area contributed by atoms with Crippen LogP contribution in [0.25, 0.3) is 0 Å². The molecule has 33 heavy (non-hydrogen) atoms. The Kier molecular flexibility index (Phi) is 11.1. The topological polar surface area (TPSA) is 36.9 Å². The van der Waals surface area contributed by atoms with Gasteiger partial charge in [-0.25, -0.2) is 0 Å². The molecule has 0 heterocycles. The van der Waals surface area contributed by atoms with E-state index in [0.29, 0.717) is 5.92 Å². The highest BCUT2D eigenvalue weighted by Gasteiger charge is 2.31. The number of hydrogen-bond donors (Lipinski definition) is 0. The maximum atomic E-state index is 6.64. The van der Waals surface area contributed by atoms with Crippen molar-refractivity contribution in [3.8, 4) is 11.5 Å². The quantitative estimate of drug-likeness (QED) is 0.293. The Labute approximate surface area is 200 Å². The van der Waals surface area contributed by atoms with Gasteiger partial charge >= 0.3 is 0 Å². The van der Waals surface area contributed by atoms with E-state index in [4.69, 9.17) is 18.9 Å². The summed E-state index contributed by atoms with van der Waals surface area (Å²) < 4.78 is 24.2. The summed E-state index contributed by atoms with van der Waals surface area (Å²) in [6, 6.07) is 16.7. The first-order chi connectivity index (χ1) is 16.2. The van der Waals surface area contributed by atoms with Gasteiger partial charge in [-0.1, -0.05) is 57.0 Å². The molecule has 0 unspecified atom stereocenters. The van der Waals surface area contributed by atoms with Crippen LogP contribution in [0.1, 0.15) is 69.9 Å². The SMILES string of the molecule is CCCCOC[C@@H]1C[C@H](OCCCC)C[C@H](Oc2ccccc2Cc2ccc(OC)cc2)C1. The van der Waals surface area contributed by atoms with E-state index in [1.54, 1.807) is 7.11 Å². The minimum Gasteiger partial charge on any atom is -0.497 e. The standard InChI is InChI=1S/C29H42O4/c1-4-6-16-31-22-24-19-27(32-17-7-5-2)21-28(20-24)33-29-11-9-8-10-25(29)18-23-12-14-26(30-3)15-13-23/h8-15,24,27-28H,4-7,16-22H2,1-3H3/t24-,27+,28-/m1/s1. The summed E-state index contributed by atoms with van der Waals surface area (Å²) in [5.74, 6) is 2.35. The number of methoxy groups -OCH3 is 1. The summed E-state index contributed by atoms with van der Waals surface area (Å²) in [5, 5.41) is 0. The molecule has 0 aliphatic heterocycles. The Hall–Kier alpha value is -2.04. The van der Waals surface area contributed by atoms with Crippen molar-refractivity contribution in [2.24, 2.45) is 5.92 Å². The zero-order valence-corrected chi connectivity index (χ0v) is 20.8. The van der Waals surface area contributed by atoms with Crippen molar-refractivity contribution >= 4 is 0 Å². The van der Waals surface area contributed by atoms with Gasteiger partial charge in [0.15, 0.2) is 0 Å². The summed E-state index contributed by atoms with van der Waals surface area (Å²) in [5.41, 5.74) is 2.46. The van der Waals surface area contributed by atoms with Gasteiger partial charge in [0.2, 0.25) is 0 Å². The third kappa shape index (κ3) is 8.68. The van der Waals surface area contributed by atoms with Crippen molar-refractivity contribution in [2.75, 3.05) is 26.9 Å². The smallest absolute Gasteiger partial charge is 0.123 e. The first-order valence-electron chi connectivity index (χ1n) is 12.8. The molecule has 1 fully saturated rings. The van der Waals surface area contributed by atoms with Crippen LogP contribution in [-0.2, 0) is 15.9 Å². The first kappa shape index (κ1) is 25.6. The van der Waals surface area contributed by atoms with Gasteiger partial charge in [-0.3, -0.25) is 0 Å². The highest BCUT2D eigenvalue weighted by atomic mass is 16.5. The van der Waals surface area contributed by atoms with Crippen LogP contribution in [0, 0.1) is 5.92 Å². The summed E-state index contributed by atoms with van der Waals surface area (Å²) in [6.45, 7) is 6.91. The average Bonchev–Trinajstić information content (AvgIpc) is 2.84. The molecular weight excluding hydrogens is 412 g/mol. The summed E-state index contributed by atoms with van der Waals surface area (Å²) in [7, 11) is 1.70. The van der Waals surface area contributed by atoms with Crippen LogP contribution in [0.4, 0.5) is 0 Å². The molecule has 0 bridgehead atoms. The molecule has 0 radical (unpaired) electrons. The van der Waals surface area contributed by atoms with E-state index >= 15 is 0 Å². The Bertz CT molecular complexity index is 788. The fourth-order valence-corrected chi connectivity index (χ4v) is 4.49. The largest absolute Gasteiger partial charge is 0.497 e. The normalized spacial score (nSPS) is 20.5. The van der Waals surface area contributed by atoms with Gasteiger partial charge in [-0.15, -0.1) is 0 Å². The van der Waals surface area contributed by atoms with Crippen molar-refractivity contribution in [3.05, 3.63) is 59.7 Å². The molecule has 0 aromatic heterocycles. The van der Waals surface area contributed by atoms with Gasteiger partial charge in [-0.2, -0.15) is 0 Å². The Balaban J connectivity index is 1.64. The Morgan fingerprint density at radius 3 is 2.30 bits per heavy atom. The van der Waals surface area contributed by atoms with E-state index < -0.39 is 0 Å². The second kappa shape index (κ2) is 14.3. The predicted octanol–water partition coefficient (Wildman–Crippen LogP) is 6.84. The summed E-state index contributed by atoms with van der Waals surface area (Å²) >= 11 is 0. The van der Waals surface area contributed by atoms with Crippen LogP contribution >= 0.6 is 0 Å². The van der Waals surface area contributed by atoms with Gasteiger partial charge < -0.3 is 18.9 Å². The molecule has 182 valence electrons. The average molecular weight is 455 g/mol. The second-order valence-corrected chi connectivity index (χ2v) is 9.22. The predicted molar refractivity (Wildman–Crippen MR) is 134 cm³/mol. The van der Waals surface area contributed by atoms with Crippen LogP contribution in [0.15, 0.2) is 48.5 Å². The summed E-state index contributed by atoms with van der Waals surface area (Å²) in [4.78, 5) is 0. The van der Waals surface area contributed by atoms with Crippen molar-refractivity contribution in [1.82, 2.24) is 0 Å². The molecule has 4 heteroatoms. The van der Waals surface area contributed by atoms with Crippen molar-refractivity contribution in [3.63, 3.8) is 0 Å². The lowest BCUT2D eigenvalue weighted by Gasteiger charge is -2.35. The van der Waals surface area contributed by atoms with Gasteiger partial charge in [0.05, 0.1) is 13.2 Å². The highest BCUT2D eigenvalue weighted by molar-refractivity contribution is 5.39. The number of para-hydroxylation sites is 1. The molecule has 2 aromatic rings. The molecular formula is C29H42O4. The van der Waals surface area contributed by atoms with E-state index in [9.17, 15) is 0 Å². The van der Waals surface area contributed by atoms with Crippen molar-refractivity contribution in [2.45, 2.75) is 77.4 Å². The molecule has 2 aromatic carbocycles. The van der Waals surface area contributed by atoms with Gasteiger partial charge in [0.1, 0.15) is 17.6 Å². The molecule has 1 saturated carbocycles. The van der Waals surface area contributed by atoms with Crippen LogP contribution < -0.4 is 9.47 Å². The Morgan fingerprint density at radius 2 is 1.55 bits per heavy atom. The minimum atomic E-state index is 0.155. The molecule has 3 rings (SSSR count). The molecule has 1 aliphatic rings. The summed E-state index contributed by atoms with van der Waals surface area (Å²) in [6.07, 6.45) is 8.87. The Morgan fingerprint density at radius 1 is 0.818 bits per heavy atom. The van der Waals surface area contributed by atoms with E-state index in [1.807, 2.05) is 12.1 Å². The zero-order chi connectivity index (χ0) is 23.3. The molecule has 4 nitrogen and oxygen atoms in total. The third-order valence-electron chi connectivity index (χ3n) is 6.39. The monoisotopic (exact) mass is 454 g/mol. The molecule has 0 saturated heterocycles. The van der Waals surface area contributed by atoms with Crippen LogP contribution in [-0.4, -0.2) is 39.1 Å². The van der Waals surface area contributed by atoms with Gasteiger partial charge in [-0.05, 0) is 60.9 Å². The van der Waals surface area contributed by atoms with Gasteiger partial charge in [0.25, 0.3) is 0 Å². The second-order valence-electron chi connectivity index (χ2n) is 9.22.